The first-order valence-electron chi connectivity index (χ1n) is 6.68. The lowest BCUT2D eigenvalue weighted by molar-refractivity contribution is -0.114. The van der Waals surface area contributed by atoms with Crippen molar-refractivity contribution < 1.29 is 14.0 Å². The van der Waals surface area contributed by atoms with E-state index in [1.807, 2.05) is 6.92 Å². The highest BCUT2D eigenvalue weighted by atomic mass is 35.5. The fraction of sp³-hybridized carbons (Fsp3) is 0.333. The van der Waals surface area contributed by atoms with Crippen molar-refractivity contribution in [3.63, 3.8) is 0 Å². The van der Waals surface area contributed by atoms with Crippen molar-refractivity contribution in [2.75, 3.05) is 24.5 Å². The fourth-order valence-corrected chi connectivity index (χ4v) is 2.33. The van der Waals surface area contributed by atoms with E-state index in [1.165, 1.54) is 11.0 Å². The van der Waals surface area contributed by atoms with Gasteiger partial charge in [0.2, 0.25) is 0 Å². The molecule has 112 valence electrons. The predicted molar refractivity (Wildman–Crippen MR) is 80.4 cm³/mol. The van der Waals surface area contributed by atoms with Crippen LogP contribution in [0.3, 0.4) is 0 Å². The maximum atomic E-state index is 13.6. The largest absolute Gasteiger partial charge is 0.313 e. The number of Topliss-reactive ketones (excluding diaryl/α,β-unsaturated/α-hetero) is 1. The van der Waals surface area contributed by atoms with E-state index in [1.54, 1.807) is 0 Å². The molecule has 0 radical (unpaired) electrons. The first-order chi connectivity index (χ1) is 9.95. The van der Waals surface area contributed by atoms with Gasteiger partial charge in [0.25, 0.3) is 11.7 Å². The number of amides is 1. The summed E-state index contributed by atoms with van der Waals surface area (Å²) in [6.45, 7) is 7.47. The minimum Gasteiger partial charge on any atom is -0.313 e. The van der Waals surface area contributed by atoms with Gasteiger partial charge < -0.3 is 10.2 Å². The summed E-state index contributed by atoms with van der Waals surface area (Å²) in [5.41, 5.74) is 1.14. The van der Waals surface area contributed by atoms with Crippen molar-refractivity contribution in [3.8, 4) is 0 Å². The van der Waals surface area contributed by atoms with Crippen molar-refractivity contribution in [2.45, 2.75) is 13.3 Å². The maximum absolute atomic E-state index is 13.6. The molecule has 0 aromatic heterocycles. The lowest BCUT2D eigenvalue weighted by atomic mass is 10.1. The van der Waals surface area contributed by atoms with Crippen molar-refractivity contribution in [2.24, 2.45) is 0 Å². The number of rotatable bonds is 6. The van der Waals surface area contributed by atoms with Crippen LogP contribution >= 0.6 is 11.6 Å². The molecule has 21 heavy (non-hydrogen) atoms. The Morgan fingerprint density at radius 3 is 2.81 bits per heavy atom. The number of hydrogen-bond acceptors (Lipinski definition) is 3. The molecule has 1 N–H and O–H groups in total. The summed E-state index contributed by atoms with van der Waals surface area (Å²) in [5, 5.41) is 3.00. The second kappa shape index (κ2) is 6.37. The van der Waals surface area contributed by atoms with Gasteiger partial charge in [-0.1, -0.05) is 25.1 Å². The molecule has 0 bridgehead atoms. The fourth-order valence-electron chi connectivity index (χ4n) is 2.17. The average Bonchev–Trinajstić information content (AvgIpc) is 2.65. The molecular formula is C15H16ClFN2O2. The predicted octanol–water partition coefficient (Wildman–Crippen LogP) is 2.56. The number of halogens is 2. The Morgan fingerprint density at radius 1 is 1.43 bits per heavy atom. The molecular weight excluding hydrogens is 295 g/mol. The molecule has 1 aromatic rings. The van der Waals surface area contributed by atoms with Crippen LogP contribution in [0.2, 0.25) is 5.02 Å². The third-order valence-corrected chi connectivity index (χ3v) is 3.49. The number of anilines is 1. The Hall–Kier alpha value is -1.72. The van der Waals surface area contributed by atoms with E-state index < -0.39 is 17.5 Å². The van der Waals surface area contributed by atoms with Crippen LogP contribution in [0.15, 0.2) is 24.3 Å². The van der Waals surface area contributed by atoms with Crippen LogP contribution in [0.5, 0.6) is 0 Å². The number of benzene rings is 1. The van der Waals surface area contributed by atoms with Crippen molar-refractivity contribution in [1.29, 1.82) is 0 Å². The Balaban J connectivity index is 2.19. The number of fused-ring (bicyclic) bond motifs is 1. The van der Waals surface area contributed by atoms with E-state index in [9.17, 15) is 14.0 Å². The Kier molecular flexibility index (Phi) is 4.75. The van der Waals surface area contributed by atoms with Gasteiger partial charge in [0.1, 0.15) is 5.82 Å². The molecule has 1 aliphatic heterocycles. The van der Waals surface area contributed by atoms with Crippen LogP contribution in [0.4, 0.5) is 10.1 Å². The van der Waals surface area contributed by atoms with Gasteiger partial charge in [0.05, 0.1) is 16.3 Å². The highest BCUT2D eigenvalue weighted by Gasteiger charge is 2.36. The van der Waals surface area contributed by atoms with Crippen LogP contribution in [0, 0.1) is 5.82 Å². The molecule has 0 atom stereocenters. The van der Waals surface area contributed by atoms with Crippen LogP contribution in [0.1, 0.15) is 23.7 Å². The van der Waals surface area contributed by atoms with Gasteiger partial charge in [-0.2, -0.15) is 0 Å². The quantitative estimate of drug-likeness (QED) is 0.499. The molecule has 1 aliphatic rings. The number of carbonyl (C=O) groups is 2. The molecule has 0 spiro atoms. The lowest BCUT2D eigenvalue weighted by Crippen LogP contribution is -2.33. The molecule has 6 heteroatoms. The molecule has 1 aromatic carbocycles. The molecule has 0 unspecified atom stereocenters. The van der Waals surface area contributed by atoms with Crippen molar-refractivity contribution in [3.05, 3.63) is 40.7 Å². The van der Waals surface area contributed by atoms with E-state index in [4.69, 9.17) is 11.6 Å². The third kappa shape index (κ3) is 3.14. The number of ketones is 1. The Bertz CT molecular complexity index is 616. The van der Waals surface area contributed by atoms with Crippen LogP contribution < -0.4 is 10.2 Å². The van der Waals surface area contributed by atoms with Crippen LogP contribution in [-0.2, 0) is 4.79 Å². The van der Waals surface area contributed by atoms with E-state index in [-0.39, 0.29) is 22.8 Å². The van der Waals surface area contributed by atoms with Gasteiger partial charge >= 0.3 is 0 Å². The van der Waals surface area contributed by atoms with E-state index in [0.717, 1.165) is 24.6 Å². The van der Waals surface area contributed by atoms with Crippen LogP contribution in [0.25, 0.3) is 0 Å². The summed E-state index contributed by atoms with van der Waals surface area (Å²) in [6, 6.07) is 2.32. The van der Waals surface area contributed by atoms with E-state index in [0.29, 0.717) is 6.54 Å². The highest BCUT2D eigenvalue weighted by molar-refractivity contribution is 6.52. The SMILES string of the molecule is C=C(CNCCC)CN1C(=O)C(=O)c2cc(Cl)c(F)cc21. The monoisotopic (exact) mass is 310 g/mol. The second-order valence-corrected chi connectivity index (χ2v) is 5.34. The zero-order chi connectivity index (χ0) is 15.6. The van der Waals surface area contributed by atoms with E-state index in [2.05, 4.69) is 11.9 Å². The molecule has 2 rings (SSSR count). The van der Waals surface area contributed by atoms with Gasteiger partial charge in [0.15, 0.2) is 0 Å². The Labute approximate surface area is 127 Å². The lowest BCUT2D eigenvalue weighted by Gasteiger charge is -2.18. The number of carbonyl (C=O) groups excluding carboxylic acids is 2. The van der Waals surface area contributed by atoms with Crippen molar-refractivity contribution >= 4 is 29.0 Å². The van der Waals surface area contributed by atoms with Gasteiger partial charge in [-0.3, -0.25) is 9.59 Å². The molecule has 1 amide bonds. The maximum Gasteiger partial charge on any atom is 0.299 e. The summed E-state index contributed by atoms with van der Waals surface area (Å²) in [6.07, 6.45) is 0.987. The molecule has 0 aliphatic carbocycles. The van der Waals surface area contributed by atoms with Gasteiger partial charge in [-0.15, -0.1) is 0 Å². The third-order valence-electron chi connectivity index (χ3n) is 3.20. The molecule has 1 heterocycles. The highest BCUT2D eigenvalue weighted by Crippen LogP contribution is 2.33. The smallest absolute Gasteiger partial charge is 0.299 e. The van der Waals surface area contributed by atoms with Gasteiger partial charge in [-0.05, 0) is 30.7 Å². The van der Waals surface area contributed by atoms with Crippen LogP contribution in [-0.4, -0.2) is 31.3 Å². The summed E-state index contributed by atoms with van der Waals surface area (Å²) in [7, 11) is 0. The molecule has 0 fully saturated rings. The molecule has 0 saturated carbocycles. The zero-order valence-corrected chi connectivity index (χ0v) is 12.5. The Morgan fingerprint density at radius 2 is 2.14 bits per heavy atom. The average molecular weight is 311 g/mol. The summed E-state index contributed by atoms with van der Waals surface area (Å²) in [5.74, 6) is -2.00. The molecule has 4 nitrogen and oxygen atoms in total. The zero-order valence-electron chi connectivity index (χ0n) is 11.7. The number of nitrogens with zero attached hydrogens (tertiary/aromatic N) is 1. The first-order valence-corrected chi connectivity index (χ1v) is 7.06. The minimum absolute atomic E-state index is 0.140. The van der Waals surface area contributed by atoms with Gasteiger partial charge in [0, 0.05) is 13.1 Å². The summed E-state index contributed by atoms with van der Waals surface area (Å²) < 4.78 is 13.6. The molecule has 0 saturated heterocycles. The van der Waals surface area contributed by atoms with E-state index >= 15 is 0 Å². The number of hydrogen-bond donors (Lipinski definition) is 1. The standard InChI is InChI=1S/C15H16ClFN2O2/c1-3-4-18-7-9(2)8-19-13-6-12(17)11(16)5-10(13)14(20)15(19)21/h5-6,18H,2-4,7-8H2,1H3. The minimum atomic E-state index is -0.677. The summed E-state index contributed by atoms with van der Waals surface area (Å²) >= 11 is 5.66. The first kappa shape index (κ1) is 15.7. The normalized spacial score (nSPS) is 13.8. The topological polar surface area (TPSA) is 49.4 Å². The second-order valence-electron chi connectivity index (χ2n) is 4.93. The van der Waals surface area contributed by atoms with Gasteiger partial charge in [-0.25, -0.2) is 4.39 Å². The summed E-state index contributed by atoms with van der Waals surface area (Å²) in [4.78, 5) is 25.1. The number of nitrogens with one attached hydrogen (secondary N) is 1. The van der Waals surface area contributed by atoms with Crippen molar-refractivity contribution in [1.82, 2.24) is 5.32 Å².